The van der Waals surface area contributed by atoms with Crippen molar-refractivity contribution in [2.45, 2.75) is 57.2 Å². The number of hydrogen-bond acceptors (Lipinski definition) is 2. The van der Waals surface area contributed by atoms with Gasteiger partial charge in [0.05, 0.1) is 5.92 Å². The van der Waals surface area contributed by atoms with Crippen molar-refractivity contribution >= 4 is 11.9 Å². The van der Waals surface area contributed by atoms with Crippen LogP contribution in [0.15, 0.2) is 0 Å². The highest BCUT2D eigenvalue weighted by Gasteiger charge is 2.41. The van der Waals surface area contributed by atoms with Gasteiger partial charge < -0.3 is 15.5 Å². The number of alkyl halides is 3. The highest BCUT2D eigenvalue weighted by molar-refractivity contribution is 5.78. The van der Waals surface area contributed by atoms with E-state index in [4.69, 9.17) is 0 Å². The highest BCUT2D eigenvalue weighted by Crippen LogP contribution is 2.37. The maximum atomic E-state index is 12.6. The zero-order chi connectivity index (χ0) is 16.9. The number of likely N-dealkylation sites (tertiary alicyclic amines) is 1. The number of carbonyl (C=O) groups excluding carboxylic acids is 2. The Hall–Kier alpha value is -1.47. The Morgan fingerprint density at radius 3 is 2.48 bits per heavy atom. The second kappa shape index (κ2) is 7.88. The summed E-state index contributed by atoms with van der Waals surface area (Å²) in [6.07, 6.45) is -1.07. The molecule has 2 fully saturated rings. The molecule has 0 radical (unpaired) electrons. The number of hydrogen-bond donors (Lipinski definition) is 2. The molecule has 1 saturated carbocycles. The van der Waals surface area contributed by atoms with Crippen molar-refractivity contribution in [2.75, 3.05) is 19.6 Å². The number of urea groups is 1. The number of carbonyl (C=O) groups is 2. The first kappa shape index (κ1) is 17.9. The fourth-order valence-corrected chi connectivity index (χ4v) is 3.21. The van der Waals surface area contributed by atoms with E-state index >= 15 is 0 Å². The smallest absolute Gasteiger partial charge is 0.343 e. The predicted molar refractivity (Wildman–Crippen MR) is 78.8 cm³/mol. The molecule has 0 aromatic rings. The lowest BCUT2D eigenvalue weighted by atomic mass is 9.86. The van der Waals surface area contributed by atoms with Crippen LogP contribution >= 0.6 is 0 Å². The lowest BCUT2D eigenvalue weighted by Gasteiger charge is -2.30. The summed E-state index contributed by atoms with van der Waals surface area (Å²) in [6.45, 7) is 1.87. The van der Waals surface area contributed by atoms with Crippen LogP contribution in [-0.4, -0.2) is 48.7 Å². The summed E-state index contributed by atoms with van der Waals surface area (Å²) in [4.78, 5) is 24.9. The van der Waals surface area contributed by atoms with Crippen LogP contribution < -0.4 is 10.6 Å². The number of rotatable bonds is 5. The number of nitrogens with zero attached hydrogens (tertiary/aromatic N) is 1. The maximum absolute atomic E-state index is 12.6. The monoisotopic (exact) mass is 335 g/mol. The standard InChI is InChI=1S/C15H24F3N3O2/c16-15(17,18)11-4-6-12(7-5-11)20-14(23)19-8-2-10-21-9-1-3-13(21)22/h11-12H,1-10H2,(H2,19,20,23). The molecule has 8 heteroatoms. The second-order valence-electron chi connectivity index (χ2n) is 6.33. The van der Waals surface area contributed by atoms with Crippen LogP contribution in [0.2, 0.25) is 0 Å². The first-order valence-corrected chi connectivity index (χ1v) is 8.25. The van der Waals surface area contributed by atoms with E-state index in [0.717, 1.165) is 13.0 Å². The van der Waals surface area contributed by atoms with Gasteiger partial charge in [-0.3, -0.25) is 4.79 Å². The van der Waals surface area contributed by atoms with E-state index in [-0.39, 0.29) is 30.8 Å². The van der Waals surface area contributed by atoms with E-state index in [9.17, 15) is 22.8 Å². The molecule has 1 aliphatic heterocycles. The van der Waals surface area contributed by atoms with Crippen LogP contribution in [0.1, 0.15) is 44.9 Å². The fourth-order valence-electron chi connectivity index (χ4n) is 3.21. The molecular weight excluding hydrogens is 311 g/mol. The number of amides is 3. The Labute approximate surface area is 134 Å². The molecule has 0 bridgehead atoms. The Morgan fingerprint density at radius 2 is 1.91 bits per heavy atom. The molecule has 1 heterocycles. The molecule has 5 nitrogen and oxygen atoms in total. The van der Waals surface area contributed by atoms with Crippen LogP contribution in [0, 0.1) is 5.92 Å². The van der Waals surface area contributed by atoms with E-state index in [1.807, 2.05) is 0 Å². The van der Waals surface area contributed by atoms with Gasteiger partial charge in [-0.05, 0) is 38.5 Å². The average molecular weight is 335 g/mol. The third-order valence-corrected chi connectivity index (χ3v) is 4.59. The van der Waals surface area contributed by atoms with Crippen LogP contribution in [0.25, 0.3) is 0 Å². The molecule has 3 amide bonds. The van der Waals surface area contributed by atoms with E-state index in [2.05, 4.69) is 10.6 Å². The van der Waals surface area contributed by atoms with Gasteiger partial charge in [0.1, 0.15) is 0 Å². The molecule has 2 rings (SSSR count). The van der Waals surface area contributed by atoms with E-state index in [1.54, 1.807) is 4.90 Å². The molecule has 132 valence electrons. The lowest BCUT2D eigenvalue weighted by Crippen LogP contribution is -2.45. The van der Waals surface area contributed by atoms with E-state index < -0.39 is 12.1 Å². The van der Waals surface area contributed by atoms with Gasteiger partial charge in [-0.2, -0.15) is 13.2 Å². The zero-order valence-corrected chi connectivity index (χ0v) is 13.1. The summed E-state index contributed by atoms with van der Waals surface area (Å²) >= 11 is 0. The molecule has 2 N–H and O–H groups in total. The molecule has 2 aliphatic rings. The molecule has 0 unspecified atom stereocenters. The van der Waals surface area contributed by atoms with Gasteiger partial charge in [-0.15, -0.1) is 0 Å². The van der Waals surface area contributed by atoms with Gasteiger partial charge in [-0.1, -0.05) is 0 Å². The van der Waals surface area contributed by atoms with E-state index in [1.165, 1.54) is 0 Å². The Morgan fingerprint density at radius 1 is 1.22 bits per heavy atom. The van der Waals surface area contributed by atoms with Crippen LogP contribution in [0.3, 0.4) is 0 Å². The molecule has 1 saturated heterocycles. The summed E-state index contributed by atoms with van der Waals surface area (Å²) < 4.78 is 37.7. The third kappa shape index (κ3) is 5.58. The minimum Gasteiger partial charge on any atom is -0.343 e. The first-order valence-electron chi connectivity index (χ1n) is 8.25. The summed E-state index contributed by atoms with van der Waals surface area (Å²) in [5.41, 5.74) is 0. The summed E-state index contributed by atoms with van der Waals surface area (Å²) in [6, 6.07) is -0.526. The molecular formula is C15H24F3N3O2. The minimum atomic E-state index is -4.12. The van der Waals surface area contributed by atoms with Crippen molar-refractivity contribution < 1.29 is 22.8 Å². The quantitative estimate of drug-likeness (QED) is 0.758. The molecule has 1 aliphatic carbocycles. The first-order chi connectivity index (χ1) is 10.9. The summed E-state index contributed by atoms with van der Waals surface area (Å²) in [5.74, 6) is -1.07. The Balaban J connectivity index is 1.56. The fraction of sp³-hybridized carbons (Fsp3) is 0.867. The SMILES string of the molecule is O=C(NCCCN1CCCC1=O)NC1CCC(C(F)(F)F)CC1. The predicted octanol–water partition coefficient (Wildman–Crippen LogP) is 2.42. The van der Waals surface area contributed by atoms with Crippen LogP contribution in [-0.2, 0) is 4.79 Å². The minimum absolute atomic E-state index is 0.0749. The molecule has 0 aromatic heterocycles. The van der Waals surface area contributed by atoms with Gasteiger partial charge >= 0.3 is 12.2 Å². The molecule has 0 aromatic carbocycles. The van der Waals surface area contributed by atoms with E-state index in [0.29, 0.717) is 38.8 Å². The largest absolute Gasteiger partial charge is 0.391 e. The van der Waals surface area contributed by atoms with Gasteiger partial charge in [0.15, 0.2) is 0 Å². The van der Waals surface area contributed by atoms with Crippen molar-refractivity contribution in [3.63, 3.8) is 0 Å². The second-order valence-corrected chi connectivity index (χ2v) is 6.33. The summed E-state index contributed by atoms with van der Waals surface area (Å²) in [7, 11) is 0. The lowest BCUT2D eigenvalue weighted by molar-refractivity contribution is -0.182. The third-order valence-electron chi connectivity index (χ3n) is 4.59. The Bertz CT molecular complexity index is 421. The van der Waals surface area contributed by atoms with Crippen molar-refractivity contribution in [1.29, 1.82) is 0 Å². The highest BCUT2D eigenvalue weighted by atomic mass is 19.4. The zero-order valence-electron chi connectivity index (χ0n) is 13.1. The Kier molecular flexibility index (Phi) is 6.12. The van der Waals surface area contributed by atoms with Gasteiger partial charge in [0, 0.05) is 32.1 Å². The van der Waals surface area contributed by atoms with Crippen molar-refractivity contribution in [2.24, 2.45) is 5.92 Å². The van der Waals surface area contributed by atoms with Crippen molar-refractivity contribution in [3.05, 3.63) is 0 Å². The number of nitrogens with one attached hydrogen (secondary N) is 2. The van der Waals surface area contributed by atoms with Gasteiger partial charge in [0.25, 0.3) is 0 Å². The summed E-state index contributed by atoms with van der Waals surface area (Å²) in [5, 5.41) is 5.43. The van der Waals surface area contributed by atoms with Crippen molar-refractivity contribution in [3.8, 4) is 0 Å². The maximum Gasteiger partial charge on any atom is 0.391 e. The topological polar surface area (TPSA) is 61.4 Å². The molecule has 0 spiro atoms. The normalized spacial score (nSPS) is 25.5. The van der Waals surface area contributed by atoms with Crippen molar-refractivity contribution in [1.82, 2.24) is 15.5 Å². The molecule has 0 atom stereocenters. The van der Waals surface area contributed by atoms with Crippen LogP contribution in [0.5, 0.6) is 0 Å². The number of halogens is 3. The van der Waals surface area contributed by atoms with Gasteiger partial charge in [-0.25, -0.2) is 4.79 Å². The molecule has 23 heavy (non-hydrogen) atoms. The van der Waals surface area contributed by atoms with Crippen LogP contribution in [0.4, 0.5) is 18.0 Å². The van der Waals surface area contributed by atoms with Gasteiger partial charge in [0.2, 0.25) is 5.91 Å². The average Bonchev–Trinajstić information content (AvgIpc) is 2.89.